The van der Waals surface area contributed by atoms with Crippen LogP contribution in [0.4, 0.5) is 10.1 Å². The highest BCUT2D eigenvalue weighted by molar-refractivity contribution is 5.97. The first kappa shape index (κ1) is 21.1. The predicted molar refractivity (Wildman–Crippen MR) is 117 cm³/mol. The third-order valence-corrected chi connectivity index (χ3v) is 5.72. The maximum absolute atomic E-state index is 14.1. The van der Waals surface area contributed by atoms with Crippen LogP contribution < -0.4 is 10.6 Å². The van der Waals surface area contributed by atoms with Crippen molar-refractivity contribution in [3.8, 4) is 11.3 Å². The lowest BCUT2D eigenvalue weighted by Crippen LogP contribution is -2.55. The fourth-order valence-electron chi connectivity index (χ4n) is 4.05. The number of halogens is 1. The zero-order chi connectivity index (χ0) is 22.0. The molecule has 1 aromatic carbocycles. The second-order valence-corrected chi connectivity index (χ2v) is 8.03. The van der Waals surface area contributed by atoms with Crippen LogP contribution in [-0.2, 0) is 6.42 Å². The van der Waals surface area contributed by atoms with E-state index in [9.17, 15) is 14.3 Å². The molecule has 3 N–H and O–H groups in total. The van der Waals surface area contributed by atoms with E-state index in [4.69, 9.17) is 5.73 Å². The number of aromatic nitrogens is 2. The number of Topliss-reactive ketones (excluding diaryl/α,β-unsaturated/α-hetero) is 1. The standard InChI is InChI=1S/C24H25FN4O2/c1-15-13-29(14-19(26)24(15)31)22-9-10-27-12-16(22)11-23(30)21-8-4-7-20(28-21)17-5-2-3-6-18(17)25/h2-10,12,15,19,24,31H,11,13-14,26H2,1H3/t15-,19+,24+/m0/s1. The molecule has 3 atom stereocenters. The van der Waals surface area contributed by atoms with Gasteiger partial charge in [-0.1, -0.05) is 25.1 Å². The van der Waals surface area contributed by atoms with Crippen molar-refractivity contribution in [2.45, 2.75) is 25.5 Å². The number of pyridine rings is 2. The molecular weight excluding hydrogens is 395 g/mol. The molecule has 0 bridgehead atoms. The summed E-state index contributed by atoms with van der Waals surface area (Å²) in [5.74, 6) is -0.548. The summed E-state index contributed by atoms with van der Waals surface area (Å²) in [5, 5.41) is 10.2. The lowest BCUT2D eigenvalue weighted by atomic mass is 9.92. The second-order valence-electron chi connectivity index (χ2n) is 8.03. The largest absolute Gasteiger partial charge is 0.391 e. The second kappa shape index (κ2) is 8.91. The van der Waals surface area contributed by atoms with Crippen LogP contribution in [0.25, 0.3) is 11.3 Å². The summed E-state index contributed by atoms with van der Waals surface area (Å²) in [6.45, 7) is 3.10. The molecule has 0 radical (unpaired) electrons. The van der Waals surface area contributed by atoms with Crippen LogP contribution in [0.2, 0.25) is 0 Å². The summed E-state index contributed by atoms with van der Waals surface area (Å²) in [4.78, 5) is 23.7. The van der Waals surface area contributed by atoms with Gasteiger partial charge in [-0.25, -0.2) is 9.37 Å². The van der Waals surface area contributed by atoms with Gasteiger partial charge in [0.05, 0.1) is 11.8 Å². The molecule has 0 aliphatic carbocycles. The normalized spacial score (nSPS) is 21.2. The number of benzene rings is 1. The van der Waals surface area contributed by atoms with Gasteiger partial charge in [0, 0.05) is 60.7 Å². The van der Waals surface area contributed by atoms with Gasteiger partial charge in [0.15, 0.2) is 5.78 Å². The zero-order valence-electron chi connectivity index (χ0n) is 17.3. The van der Waals surface area contributed by atoms with E-state index in [1.165, 1.54) is 6.07 Å². The first-order valence-electron chi connectivity index (χ1n) is 10.3. The van der Waals surface area contributed by atoms with Crippen molar-refractivity contribution >= 4 is 11.5 Å². The highest BCUT2D eigenvalue weighted by atomic mass is 19.1. The molecule has 0 amide bonds. The third-order valence-electron chi connectivity index (χ3n) is 5.72. The van der Waals surface area contributed by atoms with Crippen molar-refractivity contribution in [2.75, 3.05) is 18.0 Å². The Labute approximate surface area is 180 Å². The molecule has 31 heavy (non-hydrogen) atoms. The van der Waals surface area contributed by atoms with Crippen molar-refractivity contribution in [3.05, 3.63) is 78.0 Å². The van der Waals surface area contributed by atoms with E-state index in [1.54, 1.807) is 48.8 Å². The first-order valence-corrected chi connectivity index (χ1v) is 10.3. The number of hydrogen-bond acceptors (Lipinski definition) is 6. The summed E-state index contributed by atoms with van der Waals surface area (Å²) in [5.41, 5.74) is 8.80. The molecule has 160 valence electrons. The summed E-state index contributed by atoms with van der Waals surface area (Å²) >= 11 is 0. The average molecular weight is 420 g/mol. The van der Waals surface area contributed by atoms with E-state index < -0.39 is 6.10 Å². The van der Waals surface area contributed by atoms with Crippen LogP contribution in [0.15, 0.2) is 60.9 Å². The summed E-state index contributed by atoms with van der Waals surface area (Å²) in [6.07, 6.45) is 2.92. The van der Waals surface area contributed by atoms with Gasteiger partial charge in [-0.15, -0.1) is 0 Å². The van der Waals surface area contributed by atoms with Gasteiger partial charge in [0.25, 0.3) is 0 Å². The Bertz CT molecular complexity index is 1080. The van der Waals surface area contributed by atoms with E-state index in [-0.39, 0.29) is 35.7 Å². The topological polar surface area (TPSA) is 92.3 Å². The maximum atomic E-state index is 14.1. The quantitative estimate of drug-likeness (QED) is 0.617. The lowest BCUT2D eigenvalue weighted by Gasteiger charge is -2.40. The van der Waals surface area contributed by atoms with Crippen LogP contribution in [0, 0.1) is 11.7 Å². The van der Waals surface area contributed by atoms with Gasteiger partial charge in [0.1, 0.15) is 11.5 Å². The Hall–Kier alpha value is -3.16. The van der Waals surface area contributed by atoms with Gasteiger partial charge < -0.3 is 15.7 Å². The molecule has 7 heteroatoms. The minimum absolute atomic E-state index is 0.0135. The number of ketones is 1. The Morgan fingerprint density at radius 1 is 1.19 bits per heavy atom. The predicted octanol–water partition coefficient (Wildman–Crippen LogP) is 2.85. The molecule has 1 fully saturated rings. The summed E-state index contributed by atoms with van der Waals surface area (Å²) in [7, 11) is 0. The van der Waals surface area contributed by atoms with Crippen LogP contribution in [0.5, 0.6) is 0 Å². The number of piperidine rings is 1. The fraction of sp³-hybridized carbons (Fsp3) is 0.292. The Morgan fingerprint density at radius 2 is 2.00 bits per heavy atom. The highest BCUT2D eigenvalue weighted by Crippen LogP contribution is 2.27. The first-order chi connectivity index (χ1) is 14.9. The molecule has 6 nitrogen and oxygen atoms in total. The van der Waals surface area contributed by atoms with Gasteiger partial charge in [-0.3, -0.25) is 9.78 Å². The number of nitrogens with zero attached hydrogens (tertiary/aromatic N) is 3. The molecule has 1 saturated heterocycles. The number of anilines is 1. The Kier molecular flexibility index (Phi) is 6.06. The molecule has 4 rings (SSSR count). The minimum atomic E-state index is -0.548. The van der Waals surface area contributed by atoms with E-state index in [0.29, 0.717) is 24.3 Å². The molecule has 2 aromatic heterocycles. The number of aliphatic hydroxyl groups excluding tert-OH is 1. The highest BCUT2D eigenvalue weighted by Gasteiger charge is 2.31. The van der Waals surface area contributed by atoms with Crippen LogP contribution in [0.1, 0.15) is 23.0 Å². The van der Waals surface area contributed by atoms with Gasteiger partial charge in [0.2, 0.25) is 0 Å². The van der Waals surface area contributed by atoms with Crippen molar-refractivity contribution in [2.24, 2.45) is 11.7 Å². The lowest BCUT2D eigenvalue weighted by molar-refractivity contribution is 0.0784. The van der Waals surface area contributed by atoms with Crippen molar-refractivity contribution in [3.63, 3.8) is 0 Å². The number of nitrogens with two attached hydrogens (primary N) is 1. The van der Waals surface area contributed by atoms with Gasteiger partial charge in [-0.2, -0.15) is 0 Å². The summed E-state index contributed by atoms with van der Waals surface area (Å²) in [6, 6.07) is 12.9. The molecule has 0 saturated carbocycles. The number of carbonyl (C=O) groups is 1. The third kappa shape index (κ3) is 4.47. The summed E-state index contributed by atoms with van der Waals surface area (Å²) < 4.78 is 14.1. The van der Waals surface area contributed by atoms with Crippen LogP contribution >= 0.6 is 0 Å². The van der Waals surface area contributed by atoms with E-state index in [1.807, 2.05) is 13.0 Å². The molecule has 3 aromatic rings. The number of rotatable bonds is 5. The number of carbonyl (C=O) groups excluding carboxylic acids is 1. The van der Waals surface area contributed by atoms with E-state index in [2.05, 4.69) is 14.9 Å². The number of hydrogen-bond donors (Lipinski definition) is 2. The van der Waals surface area contributed by atoms with Crippen LogP contribution in [0.3, 0.4) is 0 Å². The minimum Gasteiger partial charge on any atom is -0.391 e. The smallest absolute Gasteiger partial charge is 0.185 e. The monoisotopic (exact) mass is 420 g/mol. The molecular formula is C24H25FN4O2. The Balaban J connectivity index is 1.58. The molecule has 0 unspecified atom stereocenters. The molecule has 0 spiro atoms. The SMILES string of the molecule is C[C@H]1CN(c2ccncc2CC(=O)c2cccc(-c3ccccc3F)n2)C[C@@H](N)[C@@H]1O. The average Bonchev–Trinajstić information content (AvgIpc) is 2.78. The number of aliphatic hydroxyl groups is 1. The Morgan fingerprint density at radius 3 is 2.77 bits per heavy atom. The maximum Gasteiger partial charge on any atom is 0.185 e. The molecule has 1 aliphatic rings. The fourth-order valence-corrected chi connectivity index (χ4v) is 4.05. The molecule has 3 heterocycles. The molecule has 1 aliphatic heterocycles. The van der Waals surface area contributed by atoms with Gasteiger partial charge in [-0.05, 0) is 30.3 Å². The van der Waals surface area contributed by atoms with Crippen molar-refractivity contribution in [1.82, 2.24) is 9.97 Å². The van der Waals surface area contributed by atoms with Gasteiger partial charge >= 0.3 is 0 Å². The van der Waals surface area contributed by atoms with Crippen molar-refractivity contribution < 1.29 is 14.3 Å². The van der Waals surface area contributed by atoms with Crippen molar-refractivity contribution in [1.29, 1.82) is 0 Å². The zero-order valence-corrected chi connectivity index (χ0v) is 17.3. The van der Waals surface area contributed by atoms with E-state index in [0.717, 1.165) is 11.3 Å². The van der Waals surface area contributed by atoms with E-state index >= 15 is 0 Å². The van der Waals surface area contributed by atoms with Crippen LogP contribution in [-0.4, -0.2) is 46.1 Å².